The van der Waals surface area contributed by atoms with Gasteiger partial charge in [-0.15, -0.1) is 0 Å². The van der Waals surface area contributed by atoms with E-state index in [1.807, 2.05) is 53.7 Å². The maximum atomic E-state index is 13.1. The first-order valence-corrected chi connectivity index (χ1v) is 15.2. The Labute approximate surface area is 195 Å². The molecule has 0 spiro atoms. The van der Waals surface area contributed by atoms with Crippen LogP contribution in [0.5, 0.6) is 0 Å². The summed E-state index contributed by atoms with van der Waals surface area (Å²) in [5.41, 5.74) is 0.118. The second-order valence-electron chi connectivity index (χ2n) is 11.9. The average molecular weight is 469 g/mol. The molecule has 0 aliphatic carbocycles. The van der Waals surface area contributed by atoms with Gasteiger partial charge in [0.05, 0.1) is 5.41 Å². The molecule has 5 nitrogen and oxygen atoms in total. The summed E-state index contributed by atoms with van der Waals surface area (Å²) in [4.78, 5) is 25.5. The molecule has 0 bridgehead atoms. The molecule has 32 heavy (non-hydrogen) atoms. The number of rotatable bonds is 11. The van der Waals surface area contributed by atoms with E-state index < -0.39 is 29.7 Å². The molecule has 1 aromatic rings. The fourth-order valence-corrected chi connectivity index (χ4v) is 4.25. The summed E-state index contributed by atoms with van der Waals surface area (Å²) < 4.78 is 17.1. The van der Waals surface area contributed by atoms with E-state index >= 15 is 0 Å². The SMILES string of the molecule is CCC(C)(C)C(=O)OCC(C)(COC(C)(C)C)C(=O)OCc1ccc(C[PH](C)(C)C)cc1. The summed E-state index contributed by atoms with van der Waals surface area (Å²) in [6.07, 6.45) is 1.77. The molecule has 0 saturated carbocycles. The number of ether oxygens (including phenoxy) is 3. The molecule has 1 unspecified atom stereocenters. The predicted molar refractivity (Wildman–Crippen MR) is 135 cm³/mol. The monoisotopic (exact) mass is 468 g/mol. The molecule has 0 N–H and O–H groups in total. The van der Waals surface area contributed by atoms with Crippen LogP contribution in [-0.2, 0) is 36.6 Å². The van der Waals surface area contributed by atoms with Crippen LogP contribution in [0.3, 0.4) is 0 Å². The normalized spacial score (nSPS) is 15.1. The van der Waals surface area contributed by atoms with Crippen molar-refractivity contribution in [1.29, 1.82) is 0 Å². The number of carbonyl (C=O) groups excluding carboxylic acids is 2. The Kier molecular flexibility index (Phi) is 9.93. The Morgan fingerprint density at radius 1 is 0.812 bits per heavy atom. The third-order valence-corrected chi connectivity index (χ3v) is 6.87. The topological polar surface area (TPSA) is 61.8 Å². The van der Waals surface area contributed by atoms with Gasteiger partial charge < -0.3 is 0 Å². The van der Waals surface area contributed by atoms with Crippen molar-refractivity contribution in [2.75, 3.05) is 33.2 Å². The summed E-state index contributed by atoms with van der Waals surface area (Å²) in [7, 11) is -1.18. The number of carbonyl (C=O) groups is 2. The molecule has 0 amide bonds. The average Bonchev–Trinajstić information content (AvgIpc) is 2.68. The van der Waals surface area contributed by atoms with Crippen molar-refractivity contribution in [3.8, 4) is 0 Å². The summed E-state index contributed by atoms with van der Waals surface area (Å²) in [5, 5.41) is 0. The molecule has 0 heterocycles. The van der Waals surface area contributed by atoms with E-state index in [2.05, 4.69) is 32.1 Å². The minimum atomic E-state index is -1.18. The molecule has 0 fully saturated rings. The molecule has 184 valence electrons. The van der Waals surface area contributed by atoms with Gasteiger partial charge in [-0.1, -0.05) is 6.92 Å². The molecular formula is C26H45O5P. The zero-order chi connectivity index (χ0) is 24.8. The van der Waals surface area contributed by atoms with Crippen LogP contribution in [0.15, 0.2) is 24.3 Å². The zero-order valence-electron chi connectivity index (χ0n) is 21.9. The van der Waals surface area contributed by atoms with E-state index in [0.29, 0.717) is 6.42 Å². The Morgan fingerprint density at radius 2 is 1.34 bits per heavy atom. The van der Waals surface area contributed by atoms with E-state index in [0.717, 1.165) is 11.7 Å². The van der Waals surface area contributed by atoms with Gasteiger partial charge in [-0.05, 0) is 41.0 Å². The van der Waals surface area contributed by atoms with Crippen LogP contribution in [0.2, 0.25) is 0 Å². The first-order valence-electron chi connectivity index (χ1n) is 11.5. The van der Waals surface area contributed by atoms with Crippen molar-refractivity contribution in [1.82, 2.24) is 0 Å². The first-order chi connectivity index (χ1) is 14.5. The van der Waals surface area contributed by atoms with Gasteiger partial charge in [0.25, 0.3) is 0 Å². The van der Waals surface area contributed by atoms with Crippen LogP contribution in [0, 0.1) is 10.8 Å². The van der Waals surface area contributed by atoms with E-state index in [4.69, 9.17) is 14.2 Å². The standard InChI is InChI=1S/C26H45O5P/c1-11-25(5,6)22(27)30-18-26(7,19-31-24(2,3)4)23(28)29-16-20-12-14-21(15-13-20)17-32(8,9)10/h12-15,32H,11,16-19H2,1-10H3. The molecule has 0 saturated heterocycles. The minimum absolute atomic E-state index is 0.0840. The first kappa shape index (κ1) is 28.6. The van der Waals surface area contributed by atoms with Gasteiger partial charge in [0.15, 0.2) is 0 Å². The van der Waals surface area contributed by atoms with Crippen molar-refractivity contribution in [2.45, 2.75) is 73.3 Å². The Hall–Kier alpha value is -1.45. The Bertz CT molecular complexity index is 756. The van der Waals surface area contributed by atoms with Gasteiger partial charge in [-0.2, -0.15) is 0 Å². The van der Waals surface area contributed by atoms with E-state index in [9.17, 15) is 9.59 Å². The maximum absolute atomic E-state index is 13.1. The predicted octanol–water partition coefficient (Wildman–Crippen LogP) is 5.67. The van der Waals surface area contributed by atoms with Gasteiger partial charge >= 0.3 is 138 Å². The molecular weight excluding hydrogens is 423 g/mol. The molecule has 1 rings (SSSR count). The van der Waals surface area contributed by atoms with Gasteiger partial charge in [0.2, 0.25) is 0 Å². The van der Waals surface area contributed by atoms with Crippen molar-refractivity contribution >= 4 is 19.2 Å². The van der Waals surface area contributed by atoms with Crippen LogP contribution < -0.4 is 0 Å². The van der Waals surface area contributed by atoms with Crippen molar-refractivity contribution in [2.24, 2.45) is 10.8 Å². The molecule has 0 aromatic heterocycles. The van der Waals surface area contributed by atoms with Gasteiger partial charge in [0, 0.05) is 0 Å². The van der Waals surface area contributed by atoms with E-state index in [-0.39, 0.29) is 25.8 Å². The molecule has 0 radical (unpaired) electrons. The number of hydrogen-bond donors (Lipinski definition) is 0. The molecule has 0 aliphatic rings. The fourth-order valence-electron chi connectivity index (χ4n) is 2.79. The van der Waals surface area contributed by atoms with Crippen LogP contribution in [0.1, 0.15) is 66.0 Å². The van der Waals surface area contributed by atoms with Crippen LogP contribution >= 0.6 is 7.26 Å². The number of hydrogen-bond acceptors (Lipinski definition) is 5. The number of benzene rings is 1. The quantitative estimate of drug-likeness (QED) is 0.309. The van der Waals surface area contributed by atoms with E-state index in [1.54, 1.807) is 6.92 Å². The summed E-state index contributed by atoms with van der Waals surface area (Å²) in [6, 6.07) is 8.24. The molecule has 1 aromatic carbocycles. The van der Waals surface area contributed by atoms with Crippen molar-refractivity contribution in [3.63, 3.8) is 0 Å². The van der Waals surface area contributed by atoms with Crippen LogP contribution in [0.4, 0.5) is 0 Å². The van der Waals surface area contributed by atoms with Crippen molar-refractivity contribution in [3.05, 3.63) is 35.4 Å². The van der Waals surface area contributed by atoms with Gasteiger partial charge in [-0.3, -0.25) is 4.79 Å². The van der Waals surface area contributed by atoms with Crippen LogP contribution in [-0.4, -0.2) is 50.7 Å². The summed E-state index contributed by atoms with van der Waals surface area (Å²) >= 11 is 0. The van der Waals surface area contributed by atoms with Gasteiger partial charge in [0.1, 0.15) is 0 Å². The third-order valence-electron chi connectivity index (χ3n) is 5.40. The fraction of sp³-hybridized carbons (Fsp3) is 0.692. The second kappa shape index (κ2) is 11.1. The molecule has 0 aliphatic heterocycles. The van der Waals surface area contributed by atoms with Gasteiger partial charge in [-0.25, -0.2) is 0 Å². The summed E-state index contributed by atoms with van der Waals surface area (Å²) in [5.74, 6) is -0.761. The Balaban J connectivity index is 2.85. The molecule has 1 atom stereocenters. The van der Waals surface area contributed by atoms with Crippen LogP contribution in [0.25, 0.3) is 0 Å². The summed E-state index contributed by atoms with van der Waals surface area (Å²) in [6.45, 7) is 20.3. The zero-order valence-corrected chi connectivity index (χ0v) is 22.9. The third kappa shape index (κ3) is 10.0. The number of esters is 2. The van der Waals surface area contributed by atoms with Crippen molar-refractivity contribution < 1.29 is 23.8 Å². The Morgan fingerprint density at radius 3 is 1.81 bits per heavy atom. The molecule has 6 heteroatoms. The second-order valence-corrected chi connectivity index (χ2v) is 17.4. The van der Waals surface area contributed by atoms with E-state index in [1.165, 1.54) is 5.56 Å².